The first-order valence-corrected chi connectivity index (χ1v) is 21.4. The van der Waals surface area contributed by atoms with Crippen molar-refractivity contribution < 1.29 is 0 Å². The van der Waals surface area contributed by atoms with Crippen LogP contribution in [-0.2, 0) is 13.0 Å². The Morgan fingerprint density at radius 1 is 0.742 bits per heavy atom. The molecule has 0 bridgehead atoms. The zero-order valence-electron chi connectivity index (χ0n) is 36.2. The van der Waals surface area contributed by atoms with Crippen LogP contribution in [0.1, 0.15) is 69.0 Å². The van der Waals surface area contributed by atoms with Gasteiger partial charge in [-0.1, -0.05) is 201 Å². The summed E-state index contributed by atoms with van der Waals surface area (Å²) in [5.41, 5.74) is 9.70. The molecule has 0 fully saturated rings. The fourth-order valence-corrected chi connectivity index (χ4v) is 7.05. The van der Waals surface area contributed by atoms with Gasteiger partial charge in [-0.25, -0.2) is 24.9 Å². The molecular weight excluding hydrogens is 757 g/mol. The largest absolute Gasteiger partial charge is 0.261 e. The molecule has 5 aromatic rings. The van der Waals surface area contributed by atoms with Crippen molar-refractivity contribution in [3.63, 3.8) is 0 Å². The van der Waals surface area contributed by atoms with Crippen LogP contribution in [0.3, 0.4) is 0 Å². The van der Waals surface area contributed by atoms with Gasteiger partial charge in [0.2, 0.25) is 0 Å². The van der Waals surface area contributed by atoms with E-state index in [2.05, 4.69) is 117 Å². The summed E-state index contributed by atoms with van der Waals surface area (Å²) in [4.78, 5) is 28.8. The highest BCUT2D eigenvalue weighted by molar-refractivity contribution is 6.14. The van der Waals surface area contributed by atoms with Gasteiger partial charge in [-0.15, -0.1) is 0 Å². The maximum absolute atomic E-state index is 5.04. The average molecular weight is 813 g/mol. The van der Waals surface area contributed by atoms with Crippen LogP contribution < -0.4 is 0 Å². The smallest absolute Gasteiger partial charge is 0.164 e. The lowest BCUT2D eigenvalue weighted by atomic mass is 9.92. The Kier molecular flexibility index (Phi) is 16.9. The Bertz CT molecular complexity index is 2490. The summed E-state index contributed by atoms with van der Waals surface area (Å²) in [5.74, 6) is 3.73. The first-order chi connectivity index (χ1) is 30.4. The molecule has 0 aliphatic heterocycles. The minimum atomic E-state index is 0.492. The zero-order chi connectivity index (χ0) is 43.4. The van der Waals surface area contributed by atoms with E-state index in [1.165, 1.54) is 16.7 Å². The number of hydrogen-bond donors (Lipinski definition) is 0. The van der Waals surface area contributed by atoms with E-state index >= 15 is 0 Å². The molecule has 0 spiro atoms. The van der Waals surface area contributed by atoms with Crippen molar-refractivity contribution in [3.05, 3.63) is 228 Å². The van der Waals surface area contributed by atoms with E-state index in [1.807, 2.05) is 104 Å². The summed E-state index contributed by atoms with van der Waals surface area (Å²) in [6.45, 7) is 14.7. The summed E-state index contributed by atoms with van der Waals surface area (Å²) in [7, 11) is 0. The molecule has 1 aliphatic rings. The monoisotopic (exact) mass is 812 g/mol. The second-order valence-electron chi connectivity index (χ2n) is 15.2. The topological polar surface area (TPSA) is 75.8 Å². The van der Waals surface area contributed by atoms with E-state index in [9.17, 15) is 0 Å². The number of amidine groups is 2. The van der Waals surface area contributed by atoms with Gasteiger partial charge in [0.15, 0.2) is 29.1 Å². The second kappa shape index (κ2) is 23.6. The fourth-order valence-electron chi connectivity index (χ4n) is 7.05. The minimum absolute atomic E-state index is 0.492. The second-order valence-corrected chi connectivity index (χ2v) is 15.2. The predicted molar refractivity (Wildman–Crippen MR) is 263 cm³/mol. The van der Waals surface area contributed by atoms with Gasteiger partial charge < -0.3 is 0 Å². The molecule has 6 rings (SSSR count). The highest BCUT2D eigenvalue weighted by Crippen LogP contribution is 2.26. The van der Waals surface area contributed by atoms with Gasteiger partial charge in [-0.2, -0.15) is 0 Å². The van der Waals surface area contributed by atoms with Crippen molar-refractivity contribution in [2.24, 2.45) is 20.9 Å². The van der Waals surface area contributed by atoms with Gasteiger partial charge in [-0.05, 0) is 75.3 Å². The molecule has 6 heteroatoms. The highest BCUT2D eigenvalue weighted by atomic mass is 15.0. The van der Waals surface area contributed by atoms with Crippen molar-refractivity contribution in [2.75, 3.05) is 0 Å². The summed E-state index contributed by atoms with van der Waals surface area (Å²) in [5, 5.41) is 0. The van der Waals surface area contributed by atoms with Crippen LogP contribution >= 0.6 is 0 Å². The Hall–Kier alpha value is -7.18. The van der Waals surface area contributed by atoms with Crippen LogP contribution in [0, 0.1) is 5.92 Å². The number of unbranched alkanes of at least 4 members (excludes halogenated alkanes) is 1. The van der Waals surface area contributed by atoms with Gasteiger partial charge in [0.1, 0.15) is 0 Å². The number of nitrogens with zero attached hydrogens (tertiary/aromatic N) is 6. The molecule has 0 N–H and O–H groups in total. The van der Waals surface area contributed by atoms with Gasteiger partial charge in [0.05, 0.1) is 6.54 Å². The first-order valence-electron chi connectivity index (χ1n) is 21.4. The van der Waals surface area contributed by atoms with Gasteiger partial charge in [0, 0.05) is 27.8 Å². The van der Waals surface area contributed by atoms with Gasteiger partial charge in [0.25, 0.3) is 0 Å². The van der Waals surface area contributed by atoms with E-state index in [0.29, 0.717) is 41.6 Å². The molecule has 6 nitrogen and oxygen atoms in total. The SMILES string of the molecule is C=C/C=C(/C/C=C\C=C/CC/C=C\C(=C/C)c1nc(-c2ccccc2)nc(-c2ccccc2)n1)Cc1ccc(C/N=C(\N=C(/N=C)c2ccccc2)C2=CCC(C)C=C2C)cc1. The molecular formula is C56H56N6. The summed E-state index contributed by atoms with van der Waals surface area (Å²) in [6.07, 6.45) is 28.0. The first kappa shape index (κ1) is 44.4. The van der Waals surface area contributed by atoms with E-state index in [4.69, 9.17) is 24.9 Å². The van der Waals surface area contributed by atoms with Crippen LogP contribution in [0.15, 0.2) is 220 Å². The van der Waals surface area contributed by atoms with Crippen LogP contribution in [0.4, 0.5) is 0 Å². The maximum Gasteiger partial charge on any atom is 0.164 e. The third-order valence-corrected chi connectivity index (χ3v) is 10.3. The Labute approximate surface area is 368 Å². The van der Waals surface area contributed by atoms with Gasteiger partial charge in [-0.3, -0.25) is 4.99 Å². The molecule has 0 radical (unpaired) electrons. The predicted octanol–water partition coefficient (Wildman–Crippen LogP) is 13.8. The van der Waals surface area contributed by atoms with Crippen molar-refractivity contribution in [1.82, 2.24) is 15.0 Å². The van der Waals surface area contributed by atoms with E-state index in [-0.39, 0.29) is 0 Å². The van der Waals surface area contributed by atoms with Crippen molar-refractivity contribution in [2.45, 2.75) is 59.4 Å². The fraction of sp³-hybridized carbons (Fsp3) is 0.179. The van der Waals surface area contributed by atoms with Crippen molar-refractivity contribution in [1.29, 1.82) is 0 Å². The minimum Gasteiger partial charge on any atom is -0.261 e. The van der Waals surface area contributed by atoms with Crippen LogP contribution in [0.2, 0.25) is 0 Å². The molecule has 1 atom stereocenters. The Morgan fingerprint density at radius 2 is 1.35 bits per heavy atom. The molecule has 1 unspecified atom stereocenters. The average Bonchev–Trinajstić information content (AvgIpc) is 3.31. The van der Waals surface area contributed by atoms with Crippen molar-refractivity contribution in [3.8, 4) is 22.8 Å². The molecule has 4 aromatic carbocycles. The summed E-state index contributed by atoms with van der Waals surface area (Å²) in [6, 6.07) is 38.8. The van der Waals surface area contributed by atoms with E-state index in [0.717, 1.165) is 65.5 Å². The third kappa shape index (κ3) is 13.2. The molecule has 0 amide bonds. The van der Waals surface area contributed by atoms with Crippen LogP contribution in [-0.4, -0.2) is 33.3 Å². The lowest BCUT2D eigenvalue weighted by Gasteiger charge is -2.17. The number of aromatic nitrogens is 3. The van der Waals surface area contributed by atoms with E-state index in [1.54, 1.807) is 0 Å². The lowest BCUT2D eigenvalue weighted by molar-refractivity contribution is 0.725. The number of aliphatic imine (C=N–C) groups is 3. The highest BCUT2D eigenvalue weighted by Gasteiger charge is 2.16. The molecule has 0 saturated heterocycles. The van der Waals surface area contributed by atoms with Crippen LogP contribution in [0.5, 0.6) is 0 Å². The molecule has 62 heavy (non-hydrogen) atoms. The Morgan fingerprint density at radius 3 is 1.97 bits per heavy atom. The number of benzene rings is 4. The van der Waals surface area contributed by atoms with E-state index < -0.39 is 0 Å². The molecule has 1 aromatic heterocycles. The number of rotatable bonds is 17. The van der Waals surface area contributed by atoms with Crippen LogP contribution in [0.25, 0.3) is 28.3 Å². The standard InChI is InChI=1S/C56H56N6/c1-6-24-44(40-45-34-36-46(37-35-45)41-58-56(51-38-33-42(3)39-43(51)4)59-52(57-5)48-27-18-13-19-28-48)25-16-11-9-8-10-12-17-26-47(7-2)53-60-54(49-29-20-14-21-30-49)62-55(61-53)50-31-22-15-23-32-50/h6-9,11,13-24,26-32,34-39,42H,1,5,10,12,25,33,40-41H2,2-4H3/b9-8-,16-11-,26-17-,44-24-,47-7+,58-56-,59-52-. The maximum atomic E-state index is 5.04. The zero-order valence-corrected chi connectivity index (χ0v) is 36.2. The molecule has 310 valence electrons. The quantitative estimate of drug-likeness (QED) is 0.0406. The Balaban J connectivity index is 1.02. The normalized spacial score (nSPS) is 15.3. The van der Waals surface area contributed by atoms with Gasteiger partial charge >= 0.3 is 0 Å². The third-order valence-electron chi connectivity index (χ3n) is 10.3. The summed E-state index contributed by atoms with van der Waals surface area (Å²) >= 11 is 0. The molecule has 1 aliphatic carbocycles. The number of allylic oxidation sites excluding steroid dienone is 13. The van der Waals surface area contributed by atoms with Crippen molar-refractivity contribution >= 4 is 24.0 Å². The molecule has 1 heterocycles. The number of hydrogen-bond acceptors (Lipinski definition) is 4. The lowest BCUT2D eigenvalue weighted by Crippen LogP contribution is -2.11. The molecule has 0 saturated carbocycles. The summed E-state index contributed by atoms with van der Waals surface area (Å²) < 4.78 is 0.